The number of hydrogen-bond acceptors (Lipinski definition) is 8. The summed E-state index contributed by atoms with van der Waals surface area (Å²) in [6.07, 6.45) is 1.79. The number of rotatable bonds is 8. The first kappa shape index (κ1) is 24.3. The predicted molar refractivity (Wildman–Crippen MR) is 131 cm³/mol. The Morgan fingerprint density at radius 3 is 2.51 bits per heavy atom. The molecule has 0 radical (unpaired) electrons. The van der Waals surface area contributed by atoms with Crippen molar-refractivity contribution in [1.29, 1.82) is 0 Å². The van der Waals surface area contributed by atoms with Gasteiger partial charge in [-0.05, 0) is 36.8 Å². The van der Waals surface area contributed by atoms with Gasteiger partial charge in [-0.3, -0.25) is 4.90 Å². The number of hydrogen-bond donors (Lipinski definition) is 2. The van der Waals surface area contributed by atoms with Crippen LogP contribution in [0.3, 0.4) is 0 Å². The molecule has 186 valence electrons. The number of carbonyl (C=O) groups is 2. The van der Waals surface area contributed by atoms with Crippen LogP contribution < -0.4 is 25.0 Å². The molecule has 1 aromatic carbocycles. The molecular formula is C25H31N5O5. The van der Waals surface area contributed by atoms with E-state index in [0.29, 0.717) is 34.9 Å². The van der Waals surface area contributed by atoms with Gasteiger partial charge in [-0.2, -0.15) is 0 Å². The molecule has 1 unspecified atom stereocenters. The normalized spacial score (nSPS) is 18.5. The van der Waals surface area contributed by atoms with Crippen molar-refractivity contribution in [3.63, 3.8) is 0 Å². The molecule has 0 bridgehead atoms. The summed E-state index contributed by atoms with van der Waals surface area (Å²) in [7, 11) is 3.10. The zero-order valence-electron chi connectivity index (χ0n) is 20.2. The average molecular weight is 482 g/mol. The van der Waals surface area contributed by atoms with Gasteiger partial charge in [0.05, 0.1) is 32.4 Å². The summed E-state index contributed by atoms with van der Waals surface area (Å²) in [6, 6.07) is 10.1. The molecule has 35 heavy (non-hydrogen) atoms. The van der Waals surface area contributed by atoms with Crippen molar-refractivity contribution >= 4 is 17.8 Å². The van der Waals surface area contributed by atoms with Crippen LogP contribution in [0.25, 0.3) is 0 Å². The van der Waals surface area contributed by atoms with E-state index in [1.54, 1.807) is 45.5 Å². The lowest BCUT2D eigenvalue weighted by atomic mass is 9.94. The second kappa shape index (κ2) is 11.1. The van der Waals surface area contributed by atoms with Gasteiger partial charge < -0.3 is 29.7 Å². The number of pyridine rings is 1. The number of urea groups is 1. The molecule has 1 saturated heterocycles. The maximum atomic E-state index is 13.1. The number of esters is 1. The zero-order chi connectivity index (χ0) is 24.8. The molecule has 0 saturated carbocycles. The molecule has 2 amide bonds. The monoisotopic (exact) mass is 481 g/mol. The minimum Gasteiger partial charge on any atom is -0.493 e. The van der Waals surface area contributed by atoms with Crippen molar-refractivity contribution in [1.82, 2.24) is 20.5 Å². The highest BCUT2D eigenvalue weighted by molar-refractivity contribution is 5.95. The van der Waals surface area contributed by atoms with Crippen LogP contribution in [0.4, 0.5) is 10.6 Å². The summed E-state index contributed by atoms with van der Waals surface area (Å²) in [6.45, 7) is 5.53. The molecular weight excluding hydrogens is 450 g/mol. The summed E-state index contributed by atoms with van der Waals surface area (Å²) >= 11 is 0. The maximum absolute atomic E-state index is 13.1. The smallest absolute Gasteiger partial charge is 0.338 e. The van der Waals surface area contributed by atoms with Gasteiger partial charge in [0.25, 0.3) is 0 Å². The highest BCUT2D eigenvalue weighted by atomic mass is 16.5. The summed E-state index contributed by atoms with van der Waals surface area (Å²) < 4.78 is 16.1. The van der Waals surface area contributed by atoms with Gasteiger partial charge in [-0.15, -0.1) is 0 Å². The van der Waals surface area contributed by atoms with E-state index in [-0.39, 0.29) is 12.6 Å². The topological polar surface area (TPSA) is 105 Å². The van der Waals surface area contributed by atoms with E-state index in [2.05, 4.69) is 25.4 Å². The lowest BCUT2D eigenvalue weighted by Gasteiger charge is -2.37. The minimum atomic E-state index is -0.688. The van der Waals surface area contributed by atoms with Crippen LogP contribution in [0.2, 0.25) is 0 Å². The van der Waals surface area contributed by atoms with Crippen molar-refractivity contribution in [2.45, 2.75) is 13.0 Å². The molecule has 1 fully saturated rings. The van der Waals surface area contributed by atoms with Crippen LogP contribution in [0.1, 0.15) is 18.5 Å². The van der Waals surface area contributed by atoms with Gasteiger partial charge in [0.2, 0.25) is 0 Å². The largest absolute Gasteiger partial charge is 0.493 e. The summed E-state index contributed by atoms with van der Waals surface area (Å²) in [4.78, 5) is 34.6. The molecule has 10 nitrogen and oxygen atoms in total. The second-order valence-electron chi connectivity index (χ2n) is 8.21. The highest BCUT2D eigenvalue weighted by Crippen LogP contribution is 2.34. The third kappa shape index (κ3) is 5.48. The maximum Gasteiger partial charge on any atom is 0.338 e. The number of ether oxygens (including phenoxy) is 3. The number of aromatic nitrogens is 1. The number of piperazine rings is 1. The Labute approximate surface area is 204 Å². The van der Waals surface area contributed by atoms with E-state index < -0.39 is 12.0 Å². The quantitative estimate of drug-likeness (QED) is 0.553. The van der Waals surface area contributed by atoms with Gasteiger partial charge in [0, 0.05) is 44.6 Å². The summed E-state index contributed by atoms with van der Waals surface area (Å²) in [5, 5.41) is 5.72. The summed E-state index contributed by atoms with van der Waals surface area (Å²) in [5.41, 5.74) is 1.61. The lowest BCUT2D eigenvalue weighted by Crippen LogP contribution is -2.52. The molecule has 4 rings (SSSR count). The second-order valence-corrected chi connectivity index (χ2v) is 8.21. The van der Waals surface area contributed by atoms with Gasteiger partial charge in [0.1, 0.15) is 5.82 Å². The summed E-state index contributed by atoms with van der Waals surface area (Å²) in [5.74, 6) is 1.54. The number of nitrogens with zero attached hydrogens (tertiary/aromatic N) is 3. The predicted octanol–water partition coefficient (Wildman–Crippen LogP) is 2.09. The Hall–Kier alpha value is -3.79. The van der Waals surface area contributed by atoms with E-state index in [9.17, 15) is 9.59 Å². The highest BCUT2D eigenvalue weighted by Gasteiger charge is 2.35. The van der Waals surface area contributed by atoms with E-state index in [1.165, 1.54) is 0 Å². The van der Waals surface area contributed by atoms with Crippen molar-refractivity contribution in [2.75, 3.05) is 58.5 Å². The van der Waals surface area contributed by atoms with Crippen LogP contribution in [-0.4, -0.2) is 75.4 Å². The standard InChI is InChI=1S/C25H31N5O5/c1-4-35-24(31)22-18(16-29-11-13-30(14-12-29)21-7-5-6-10-26-21)27-25(32)28-23(22)17-8-9-19(33-2)20(15-17)34-3/h5-10,15,23H,4,11-14,16H2,1-3H3,(H2,27,28,32). The first-order chi connectivity index (χ1) is 17.0. The lowest BCUT2D eigenvalue weighted by molar-refractivity contribution is -0.139. The number of methoxy groups -OCH3 is 2. The minimum absolute atomic E-state index is 0.227. The molecule has 1 atom stereocenters. The van der Waals surface area contributed by atoms with Gasteiger partial charge >= 0.3 is 12.0 Å². The van der Waals surface area contributed by atoms with E-state index in [4.69, 9.17) is 14.2 Å². The molecule has 2 aliphatic heterocycles. The SMILES string of the molecule is CCOC(=O)C1=C(CN2CCN(c3ccccn3)CC2)NC(=O)NC1c1ccc(OC)c(OC)c1. The van der Waals surface area contributed by atoms with Gasteiger partial charge in [-0.1, -0.05) is 12.1 Å². The Balaban J connectivity index is 1.60. The Kier molecular flexibility index (Phi) is 7.71. The number of amides is 2. The molecule has 0 aliphatic carbocycles. The third-order valence-electron chi connectivity index (χ3n) is 6.12. The van der Waals surface area contributed by atoms with Crippen molar-refractivity contribution < 1.29 is 23.8 Å². The van der Waals surface area contributed by atoms with E-state index in [0.717, 1.165) is 32.0 Å². The Morgan fingerprint density at radius 2 is 1.86 bits per heavy atom. The molecule has 1 aromatic heterocycles. The van der Waals surface area contributed by atoms with Gasteiger partial charge in [0.15, 0.2) is 11.5 Å². The fourth-order valence-corrected chi connectivity index (χ4v) is 4.37. The van der Waals surface area contributed by atoms with Crippen LogP contribution in [0.15, 0.2) is 53.9 Å². The number of benzene rings is 1. The van der Waals surface area contributed by atoms with Crippen molar-refractivity contribution in [2.24, 2.45) is 0 Å². The van der Waals surface area contributed by atoms with E-state index >= 15 is 0 Å². The molecule has 10 heteroatoms. The van der Waals surface area contributed by atoms with Crippen LogP contribution >= 0.6 is 0 Å². The number of anilines is 1. The first-order valence-electron chi connectivity index (χ1n) is 11.6. The van der Waals surface area contributed by atoms with Crippen molar-refractivity contribution in [3.05, 3.63) is 59.4 Å². The Bertz CT molecular complexity index is 1080. The van der Waals surface area contributed by atoms with Crippen molar-refractivity contribution in [3.8, 4) is 11.5 Å². The third-order valence-corrected chi connectivity index (χ3v) is 6.12. The van der Waals surface area contributed by atoms with Crippen LogP contribution in [-0.2, 0) is 9.53 Å². The Morgan fingerprint density at radius 1 is 1.09 bits per heavy atom. The first-order valence-corrected chi connectivity index (χ1v) is 11.6. The zero-order valence-corrected chi connectivity index (χ0v) is 20.2. The van der Waals surface area contributed by atoms with Gasteiger partial charge in [-0.25, -0.2) is 14.6 Å². The fourth-order valence-electron chi connectivity index (χ4n) is 4.37. The van der Waals surface area contributed by atoms with E-state index in [1.807, 2.05) is 18.2 Å². The molecule has 0 spiro atoms. The average Bonchev–Trinajstić information content (AvgIpc) is 2.89. The molecule has 3 heterocycles. The van der Waals surface area contributed by atoms with Crippen LogP contribution in [0.5, 0.6) is 11.5 Å². The fraction of sp³-hybridized carbons (Fsp3) is 0.400. The number of nitrogens with one attached hydrogen (secondary N) is 2. The van der Waals surface area contributed by atoms with Crippen LogP contribution in [0, 0.1) is 0 Å². The molecule has 2 N–H and O–H groups in total. The molecule has 2 aromatic rings. The number of carbonyl (C=O) groups excluding carboxylic acids is 2. The molecule has 2 aliphatic rings.